The van der Waals surface area contributed by atoms with E-state index in [1.165, 1.54) is 49.3 Å². The van der Waals surface area contributed by atoms with Gasteiger partial charge in [-0.25, -0.2) is 25.3 Å². The van der Waals surface area contributed by atoms with Gasteiger partial charge in [0, 0.05) is 131 Å². The summed E-state index contributed by atoms with van der Waals surface area (Å²) in [5.41, 5.74) is 2.00. The van der Waals surface area contributed by atoms with Crippen LogP contribution in [0.25, 0.3) is 0 Å². The topological polar surface area (TPSA) is 251 Å². The fourth-order valence-corrected chi connectivity index (χ4v) is 14.1. The van der Waals surface area contributed by atoms with E-state index >= 15 is 0 Å². The van der Waals surface area contributed by atoms with Crippen LogP contribution >= 0.6 is 34.8 Å². The van der Waals surface area contributed by atoms with Crippen molar-refractivity contribution in [3.63, 3.8) is 0 Å². The van der Waals surface area contributed by atoms with Crippen LogP contribution in [-0.4, -0.2) is 146 Å². The Hall–Kier alpha value is -6.00. The lowest BCUT2D eigenvalue weighted by atomic mass is 10.2. The molecule has 0 bridgehead atoms. The van der Waals surface area contributed by atoms with Crippen molar-refractivity contribution in [3.05, 3.63) is 208 Å². The number of nitrogens with zero attached hydrogens (tertiary/aromatic N) is 9. The van der Waals surface area contributed by atoms with Crippen LogP contribution in [-0.2, 0) is 49.7 Å². The normalized spacial score (nSPS) is 16.5. The van der Waals surface area contributed by atoms with Crippen LogP contribution in [0.1, 0.15) is 16.7 Å². The van der Waals surface area contributed by atoms with Gasteiger partial charge in [0.15, 0.2) is 14.7 Å². The minimum absolute atomic E-state index is 0.128. The molecule has 6 aromatic rings. The molecule has 0 aromatic heterocycles. The highest BCUT2D eigenvalue weighted by Gasteiger charge is 2.37. The van der Waals surface area contributed by atoms with Crippen molar-refractivity contribution in [2.45, 2.75) is 34.3 Å². The number of sulfonamides is 3. The summed E-state index contributed by atoms with van der Waals surface area (Å²) >= 11 is 17.3. The number of halogens is 3. The molecule has 0 N–H and O–H groups in total. The third-order valence-corrected chi connectivity index (χ3v) is 19.5. The summed E-state index contributed by atoms with van der Waals surface area (Å²) in [7, 11) is -11.8. The first-order valence-electron chi connectivity index (χ1n) is 24.2. The number of piperazine rings is 3. The van der Waals surface area contributed by atoms with Crippen LogP contribution in [0.3, 0.4) is 0 Å². The van der Waals surface area contributed by atoms with Gasteiger partial charge in [-0.2, -0.15) is 12.9 Å². The number of hydrogen-bond donors (Lipinski definition) is 0. The van der Waals surface area contributed by atoms with Crippen LogP contribution in [0.5, 0.6) is 0 Å². The zero-order chi connectivity index (χ0) is 56.2. The number of benzene rings is 6. The van der Waals surface area contributed by atoms with E-state index in [1.54, 1.807) is 0 Å². The number of nitro groups is 3. The molecular weight excluding hydrogens is 1130 g/mol. The van der Waals surface area contributed by atoms with E-state index < -0.39 is 61.9 Å². The van der Waals surface area contributed by atoms with Crippen molar-refractivity contribution in [1.82, 2.24) is 27.6 Å². The SMILES string of the molecule is O=[N+]([O-])c1cc(Cl)ccc1S(=O)(=O)N1CCN(Cc2ccccc2)CC1.O=[N+]([O-])c1cc(Cl)ccc1S(=O)(=O)N1CCN(Cc2ccccc2)CC1.O=[N+]([O-])c1cc(Cl)ccc1S(=O)(=O)N1CCN(Cc2ccccc2)CC1. The summed E-state index contributed by atoms with van der Waals surface area (Å²) in [5.74, 6) is 0. The quantitative estimate of drug-likeness (QED) is 0.0693. The molecule has 0 atom stereocenters. The first-order chi connectivity index (χ1) is 37.1. The van der Waals surface area contributed by atoms with Gasteiger partial charge in [-0.3, -0.25) is 45.0 Å². The molecular formula is C51H54Cl3N9O12S3. The molecule has 0 saturated carbocycles. The zero-order valence-electron chi connectivity index (χ0n) is 41.7. The van der Waals surface area contributed by atoms with Gasteiger partial charge in [0.05, 0.1) is 14.8 Å². The second kappa shape index (κ2) is 26.8. The fourth-order valence-electron chi connectivity index (χ4n) is 8.88. The lowest BCUT2D eigenvalue weighted by molar-refractivity contribution is -0.388. The Morgan fingerprint density at radius 2 is 0.564 bits per heavy atom. The summed E-state index contributed by atoms with van der Waals surface area (Å²) in [6.45, 7) is 7.35. The van der Waals surface area contributed by atoms with Crippen LogP contribution in [0.15, 0.2) is 160 Å². The van der Waals surface area contributed by atoms with Gasteiger partial charge < -0.3 is 0 Å². The summed E-state index contributed by atoms with van der Waals surface area (Å²) < 4.78 is 81.0. The molecule has 0 radical (unpaired) electrons. The van der Waals surface area contributed by atoms with Crippen molar-refractivity contribution in [2.24, 2.45) is 0 Å². The molecule has 78 heavy (non-hydrogen) atoms. The van der Waals surface area contributed by atoms with Crippen molar-refractivity contribution in [3.8, 4) is 0 Å². The Morgan fingerprint density at radius 1 is 0.346 bits per heavy atom. The summed E-state index contributed by atoms with van der Waals surface area (Å²) in [6.07, 6.45) is 0. The van der Waals surface area contributed by atoms with Gasteiger partial charge in [0.2, 0.25) is 30.1 Å². The first-order valence-corrected chi connectivity index (χ1v) is 29.7. The molecule has 3 aliphatic rings. The summed E-state index contributed by atoms with van der Waals surface area (Å²) in [5, 5.41) is 34.0. The molecule has 6 aromatic carbocycles. The molecule has 0 spiro atoms. The second-order valence-corrected chi connectivity index (χ2v) is 25.1. The maximum atomic E-state index is 12.8. The van der Waals surface area contributed by atoms with E-state index in [9.17, 15) is 55.6 Å². The largest absolute Gasteiger partial charge is 0.296 e. The molecule has 414 valence electrons. The van der Waals surface area contributed by atoms with Crippen LogP contribution in [0.4, 0.5) is 17.1 Å². The van der Waals surface area contributed by atoms with Gasteiger partial charge in [0.1, 0.15) is 0 Å². The zero-order valence-corrected chi connectivity index (χ0v) is 46.5. The molecule has 27 heteroatoms. The van der Waals surface area contributed by atoms with E-state index in [4.69, 9.17) is 34.8 Å². The predicted octanol–water partition coefficient (Wildman–Crippen LogP) is 8.26. The Kier molecular flexibility index (Phi) is 20.5. The van der Waals surface area contributed by atoms with Gasteiger partial charge in [-0.15, -0.1) is 0 Å². The summed E-state index contributed by atoms with van der Waals surface area (Å²) in [6, 6.07) is 40.7. The van der Waals surface area contributed by atoms with Gasteiger partial charge in [0.25, 0.3) is 17.1 Å². The molecule has 3 aliphatic heterocycles. The maximum Gasteiger partial charge on any atom is 0.290 e. The molecule has 0 aliphatic carbocycles. The van der Waals surface area contributed by atoms with Crippen molar-refractivity contribution < 1.29 is 40.0 Å². The van der Waals surface area contributed by atoms with E-state index in [2.05, 4.69) is 14.7 Å². The Balaban J connectivity index is 0.000000170. The van der Waals surface area contributed by atoms with Crippen molar-refractivity contribution in [2.75, 3.05) is 78.5 Å². The predicted molar refractivity (Wildman–Crippen MR) is 296 cm³/mol. The van der Waals surface area contributed by atoms with Crippen molar-refractivity contribution >= 4 is 81.9 Å². The third kappa shape index (κ3) is 15.4. The Bertz CT molecular complexity index is 3050. The molecule has 0 amide bonds. The molecule has 9 rings (SSSR count). The van der Waals surface area contributed by atoms with Crippen LogP contribution in [0.2, 0.25) is 15.1 Å². The first kappa shape index (κ1) is 59.7. The van der Waals surface area contributed by atoms with Gasteiger partial charge in [-0.1, -0.05) is 126 Å². The molecule has 21 nitrogen and oxygen atoms in total. The van der Waals surface area contributed by atoms with Gasteiger partial charge >= 0.3 is 0 Å². The smallest absolute Gasteiger partial charge is 0.290 e. The number of rotatable bonds is 15. The second-order valence-electron chi connectivity index (χ2n) is 18.1. The monoisotopic (exact) mass is 1190 g/mol. The highest BCUT2D eigenvalue weighted by Crippen LogP contribution is 2.33. The highest BCUT2D eigenvalue weighted by atomic mass is 35.5. The summed E-state index contributed by atoms with van der Waals surface area (Å²) in [4.78, 5) is 37.0. The molecule has 3 saturated heterocycles. The Morgan fingerprint density at radius 3 is 0.769 bits per heavy atom. The van der Waals surface area contributed by atoms with Gasteiger partial charge in [-0.05, 0) is 53.1 Å². The van der Waals surface area contributed by atoms with E-state index in [0.717, 1.165) is 54.5 Å². The average Bonchev–Trinajstić information content (AvgIpc) is 3.57. The minimum Gasteiger partial charge on any atom is -0.296 e. The van der Waals surface area contributed by atoms with Crippen LogP contribution in [0, 0.1) is 30.3 Å². The number of hydrogen-bond acceptors (Lipinski definition) is 15. The van der Waals surface area contributed by atoms with E-state index in [1.807, 2.05) is 91.0 Å². The standard InChI is InChI=1S/3C17H18ClN3O4S/c3*18-15-6-7-17(16(12-15)21(22)23)26(24,25)20-10-8-19(9-11-20)13-14-4-2-1-3-5-14/h3*1-7,12H,8-11,13H2. The number of nitro benzene ring substituents is 3. The lowest BCUT2D eigenvalue weighted by Crippen LogP contribution is -2.48. The molecule has 0 unspecified atom stereocenters. The average molecular weight is 1190 g/mol. The van der Waals surface area contributed by atoms with E-state index in [-0.39, 0.29) is 69.0 Å². The van der Waals surface area contributed by atoms with Crippen molar-refractivity contribution in [1.29, 1.82) is 0 Å². The fraction of sp³-hybridized carbons (Fsp3) is 0.294. The van der Waals surface area contributed by atoms with Crippen LogP contribution < -0.4 is 0 Å². The molecule has 3 fully saturated rings. The van der Waals surface area contributed by atoms with E-state index in [0.29, 0.717) is 39.3 Å². The lowest BCUT2D eigenvalue weighted by Gasteiger charge is -2.33. The highest BCUT2D eigenvalue weighted by molar-refractivity contribution is 7.89. The maximum absolute atomic E-state index is 12.8. The third-order valence-electron chi connectivity index (χ3n) is 12.9. The minimum atomic E-state index is -3.94. The molecule has 3 heterocycles. The Labute approximate surface area is 467 Å².